The first kappa shape index (κ1) is 11.9. The topological polar surface area (TPSA) is 78.5 Å². The number of methoxy groups -OCH3 is 1. The van der Waals surface area contributed by atoms with Gasteiger partial charge in [-0.1, -0.05) is 0 Å². The lowest BCUT2D eigenvalue weighted by Gasteiger charge is -2.05. The van der Waals surface area contributed by atoms with E-state index in [2.05, 4.69) is 14.9 Å². The SMILES string of the molecule is COC(=O)Cn1nc(C)n2nc(C3CC3)cc2c1=O. The molecule has 0 aromatic carbocycles. The first-order valence-electron chi connectivity index (χ1n) is 6.14. The molecule has 2 heterocycles. The Morgan fingerprint density at radius 3 is 2.84 bits per heavy atom. The van der Waals surface area contributed by atoms with Gasteiger partial charge in [-0.15, -0.1) is 0 Å². The molecule has 1 saturated carbocycles. The van der Waals surface area contributed by atoms with Crippen molar-refractivity contribution in [1.29, 1.82) is 0 Å². The highest BCUT2D eigenvalue weighted by Crippen LogP contribution is 2.39. The van der Waals surface area contributed by atoms with Crippen LogP contribution >= 0.6 is 0 Å². The number of carbonyl (C=O) groups excluding carboxylic acids is 1. The van der Waals surface area contributed by atoms with Gasteiger partial charge in [0.1, 0.15) is 17.9 Å². The Bertz CT molecular complexity index is 712. The number of esters is 1. The van der Waals surface area contributed by atoms with Crippen molar-refractivity contribution in [3.8, 4) is 0 Å². The van der Waals surface area contributed by atoms with Crippen LogP contribution in [0.1, 0.15) is 30.3 Å². The van der Waals surface area contributed by atoms with E-state index in [1.807, 2.05) is 0 Å². The smallest absolute Gasteiger partial charge is 0.327 e. The number of nitrogens with zero attached hydrogens (tertiary/aromatic N) is 4. The minimum atomic E-state index is -0.500. The van der Waals surface area contributed by atoms with Crippen LogP contribution in [0.25, 0.3) is 5.52 Å². The van der Waals surface area contributed by atoms with E-state index in [1.54, 1.807) is 17.5 Å². The highest BCUT2D eigenvalue weighted by Gasteiger charge is 2.27. The van der Waals surface area contributed by atoms with Crippen LogP contribution in [0.15, 0.2) is 10.9 Å². The molecule has 0 amide bonds. The molecule has 0 aliphatic heterocycles. The molecule has 0 radical (unpaired) electrons. The number of hydrogen-bond acceptors (Lipinski definition) is 5. The molecule has 0 unspecified atom stereocenters. The second-order valence-electron chi connectivity index (χ2n) is 4.73. The summed E-state index contributed by atoms with van der Waals surface area (Å²) in [6.45, 7) is 1.57. The molecule has 1 aliphatic carbocycles. The van der Waals surface area contributed by atoms with Crippen LogP contribution in [0, 0.1) is 6.92 Å². The molecule has 0 N–H and O–H groups in total. The van der Waals surface area contributed by atoms with Gasteiger partial charge in [0.2, 0.25) is 0 Å². The Balaban J connectivity index is 2.12. The van der Waals surface area contributed by atoms with Gasteiger partial charge in [-0.25, -0.2) is 9.20 Å². The predicted octanol–water partition coefficient (Wildman–Crippen LogP) is 0.250. The van der Waals surface area contributed by atoms with Gasteiger partial charge in [0, 0.05) is 5.92 Å². The standard InChI is InChI=1S/C12H14N4O3/c1-7-13-15(6-11(17)19-2)12(18)10-5-9(8-3-4-8)14-16(7)10/h5,8H,3-4,6H2,1-2H3. The van der Waals surface area contributed by atoms with Crippen LogP contribution in [0.5, 0.6) is 0 Å². The molecule has 0 atom stereocenters. The Hall–Kier alpha value is -2.18. The van der Waals surface area contributed by atoms with Crippen LogP contribution < -0.4 is 5.56 Å². The molecule has 0 spiro atoms. The normalized spacial score (nSPS) is 14.8. The first-order chi connectivity index (χ1) is 9.10. The number of fused-ring (bicyclic) bond motifs is 1. The zero-order chi connectivity index (χ0) is 13.6. The number of hydrogen-bond donors (Lipinski definition) is 0. The van der Waals surface area contributed by atoms with Crippen molar-refractivity contribution >= 4 is 11.5 Å². The Kier molecular flexibility index (Phi) is 2.62. The molecule has 1 aliphatic rings. The summed E-state index contributed by atoms with van der Waals surface area (Å²) in [7, 11) is 1.28. The molecule has 2 aromatic rings. The number of aryl methyl sites for hydroxylation is 1. The van der Waals surface area contributed by atoms with E-state index in [0.717, 1.165) is 23.2 Å². The van der Waals surface area contributed by atoms with Gasteiger partial charge in [-0.2, -0.15) is 10.2 Å². The largest absolute Gasteiger partial charge is 0.468 e. The molecule has 7 heteroatoms. The molecule has 0 saturated heterocycles. The van der Waals surface area contributed by atoms with Crippen LogP contribution in [-0.2, 0) is 16.1 Å². The summed E-state index contributed by atoms with van der Waals surface area (Å²) in [5.74, 6) is 0.540. The summed E-state index contributed by atoms with van der Waals surface area (Å²) in [4.78, 5) is 23.5. The van der Waals surface area contributed by atoms with Gasteiger partial charge < -0.3 is 4.74 Å². The molecule has 19 heavy (non-hydrogen) atoms. The molecule has 1 fully saturated rings. The fourth-order valence-electron chi connectivity index (χ4n) is 2.07. The second-order valence-corrected chi connectivity index (χ2v) is 4.73. The van der Waals surface area contributed by atoms with E-state index in [-0.39, 0.29) is 12.1 Å². The molecule has 2 aromatic heterocycles. The first-order valence-corrected chi connectivity index (χ1v) is 6.14. The summed E-state index contributed by atoms with van der Waals surface area (Å²) in [6.07, 6.45) is 2.24. The van der Waals surface area contributed by atoms with Crippen molar-refractivity contribution in [2.24, 2.45) is 0 Å². The second kappa shape index (κ2) is 4.18. The van der Waals surface area contributed by atoms with Crippen molar-refractivity contribution in [3.63, 3.8) is 0 Å². The lowest BCUT2D eigenvalue weighted by Crippen LogP contribution is -2.29. The van der Waals surface area contributed by atoms with E-state index in [9.17, 15) is 9.59 Å². The van der Waals surface area contributed by atoms with Crippen molar-refractivity contribution in [2.75, 3.05) is 7.11 Å². The number of ether oxygens (including phenoxy) is 1. The van der Waals surface area contributed by atoms with Crippen LogP contribution in [-0.4, -0.2) is 32.5 Å². The van der Waals surface area contributed by atoms with E-state index in [0.29, 0.717) is 17.3 Å². The molecule has 7 nitrogen and oxygen atoms in total. The summed E-state index contributed by atoms with van der Waals surface area (Å²) in [5.41, 5.74) is 1.06. The summed E-state index contributed by atoms with van der Waals surface area (Å²) in [6, 6.07) is 1.79. The number of rotatable bonds is 3. The van der Waals surface area contributed by atoms with Crippen LogP contribution in [0.3, 0.4) is 0 Å². The molecule has 3 rings (SSSR count). The summed E-state index contributed by atoms with van der Waals surface area (Å²) >= 11 is 0. The average molecular weight is 262 g/mol. The van der Waals surface area contributed by atoms with Gasteiger partial charge in [-0.05, 0) is 25.8 Å². The van der Waals surface area contributed by atoms with E-state index < -0.39 is 5.97 Å². The fraction of sp³-hybridized carbons (Fsp3) is 0.500. The van der Waals surface area contributed by atoms with Crippen molar-refractivity contribution in [1.82, 2.24) is 19.4 Å². The minimum Gasteiger partial charge on any atom is -0.468 e. The van der Waals surface area contributed by atoms with Crippen molar-refractivity contribution in [2.45, 2.75) is 32.2 Å². The van der Waals surface area contributed by atoms with Gasteiger partial charge in [-0.3, -0.25) is 9.59 Å². The zero-order valence-electron chi connectivity index (χ0n) is 10.8. The van der Waals surface area contributed by atoms with Gasteiger partial charge in [0.15, 0.2) is 0 Å². The van der Waals surface area contributed by atoms with Crippen LogP contribution in [0.4, 0.5) is 0 Å². The Morgan fingerprint density at radius 2 is 2.21 bits per heavy atom. The highest BCUT2D eigenvalue weighted by atomic mass is 16.5. The monoisotopic (exact) mass is 262 g/mol. The van der Waals surface area contributed by atoms with Crippen molar-refractivity contribution < 1.29 is 9.53 Å². The fourth-order valence-corrected chi connectivity index (χ4v) is 2.07. The van der Waals surface area contributed by atoms with Gasteiger partial charge in [0.05, 0.1) is 12.8 Å². The maximum Gasteiger partial charge on any atom is 0.327 e. The highest BCUT2D eigenvalue weighted by molar-refractivity contribution is 5.69. The number of carbonyl (C=O) groups is 1. The molecular weight excluding hydrogens is 248 g/mol. The third kappa shape index (κ3) is 2.00. The van der Waals surface area contributed by atoms with Crippen LogP contribution in [0.2, 0.25) is 0 Å². The zero-order valence-corrected chi connectivity index (χ0v) is 10.8. The van der Waals surface area contributed by atoms with E-state index >= 15 is 0 Å². The van der Waals surface area contributed by atoms with E-state index in [1.165, 1.54) is 7.11 Å². The average Bonchev–Trinajstić information content (AvgIpc) is 3.14. The summed E-state index contributed by atoms with van der Waals surface area (Å²) in [5, 5.41) is 8.49. The van der Waals surface area contributed by atoms with Gasteiger partial charge >= 0.3 is 5.97 Å². The lowest BCUT2D eigenvalue weighted by atomic mass is 10.3. The maximum absolute atomic E-state index is 12.2. The lowest BCUT2D eigenvalue weighted by molar-refractivity contribution is -0.141. The molecule has 100 valence electrons. The van der Waals surface area contributed by atoms with Gasteiger partial charge in [0.25, 0.3) is 5.56 Å². The predicted molar refractivity (Wildman–Crippen MR) is 66.0 cm³/mol. The Labute approximate surface area is 108 Å². The molecule has 0 bridgehead atoms. The third-order valence-corrected chi connectivity index (χ3v) is 3.26. The minimum absolute atomic E-state index is 0.184. The van der Waals surface area contributed by atoms with Crippen molar-refractivity contribution in [3.05, 3.63) is 27.9 Å². The number of aromatic nitrogens is 4. The Morgan fingerprint density at radius 1 is 1.47 bits per heavy atom. The molecular formula is C12H14N4O3. The third-order valence-electron chi connectivity index (χ3n) is 3.26. The quantitative estimate of drug-likeness (QED) is 0.741. The van der Waals surface area contributed by atoms with E-state index in [4.69, 9.17) is 0 Å². The summed E-state index contributed by atoms with van der Waals surface area (Å²) < 4.78 is 7.22. The maximum atomic E-state index is 12.2.